The maximum Gasteiger partial charge on any atom is 0.410 e. The van der Waals surface area contributed by atoms with Gasteiger partial charge in [-0.05, 0) is 149 Å². The average molecular weight is 1330 g/mol. The Kier molecular flexibility index (Phi) is 20.7. The first-order valence-corrected chi connectivity index (χ1v) is 31.7. The van der Waals surface area contributed by atoms with Crippen LogP contribution in [0.25, 0.3) is 22.7 Å². The molecule has 2 aromatic carbocycles. The highest BCUT2D eigenvalue weighted by atomic mass is 79.9. The molecule has 6 aromatic rings. The molecule has 4 aliphatic heterocycles. The van der Waals surface area contributed by atoms with Crippen molar-refractivity contribution in [2.24, 2.45) is 0 Å². The van der Waals surface area contributed by atoms with E-state index in [0.717, 1.165) is 38.7 Å². The van der Waals surface area contributed by atoms with E-state index in [-0.39, 0.29) is 54.0 Å². The highest BCUT2D eigenvalue weighted by Crippen LogP contribution is 2.32. The number of fused-ring (bicyclic) bond motifs is 2. The van der Waals surface area contributed by atoms with Crippen molar-refractivity contribution in [3.8, 4) is 0 Å². The van der Waals surface area contributed by atoms with E-state index in [9.17, 15) is 28.8 Å². The minimum atomic E-state index is -0.603. The molecular weight excluding hydrogens is 1250 g/mol. The molecule has 0 radical (unpaired) electrons. The molecule has 24 nitrogen and oxygen atoms in total. The van der Waals surface area contributed by atoms with Crippen LogP contribution in [0.5, 0.6) is 0 Å². The Hall–Kier alpha value is -7.32. The number of carbonyl (C=O) groups is 4. The molecule has 0 aliphatic carbocycles. The summed E-state index contributed by atoms with van der Waals surface area (Å²) in [5.41, 5.74) is 6.15. The summed E-state index contributed by atoms with van der Waals surface area (Å²) >= 11 is 16.2. The lowest BCUT2D eigenvalue weighted by Crippen LogP contribution is -2.51. The number of nitrogens with one attached hydrogen (secondary N) is 2. The summed E-state index contributed by atoms with van der Waals surface area (Å²) in [5, 5.41) is 16.3. The molecule has 89 heavy (non-hydrogen) atoms. The fourth-order valence-electron chi connectivity index (χ4n) is 11.1. The summed E-state index contributed by atoms with van der Waals surface area (Å²) in [6.45, 7) is 25.7. The maximum absolute atomic E-state index is 14.1. The lowest BCUT2D eigenvalue weighted by atomic mass is 10.1. The zero-order valence-corrected chi connectivity index (χ0v) is 55.6. The molecule has 0 bridgehead atoms. The first kappa shape index (κ1) is 66.1. The van der Waals surface area contributed by atoms with Crippen LogP contribution < -0.4 is 31.6 Å². The number of carbonyl (C=O) groups excluding carboxylic acids is 4. The van der Waals surface area contributed by atoms with Gasteiger partial charge in [0.2, 0.25) is 23.4 Å². The number of hydrogen-bond donors (Lipinski definition) is 2. The Balaban J connectivity index is 0.000000211. The van der Waals surface area contributed by atoms with Crippen molar-refractivity contribution in [2.45, 2.75) is 133 Å². The van der Waals surface area contributed by atoms with E-state index in [0.29, 0.717) is 166 Å². The van der Waals surface area contributed by atoms with Crippen LogP contribution >= 0.6 is 39.1 Å². The van der Waals surface area contributed by atoms with Crippen LogP contribution in [0.15, 0.2) is 50.5 Å². The van der Waals surface area contributed by atoms with Crippen molar-refractivity contribution in [3.63, 3.8) is 0 Å². The van der Waals surface area contributed by atoms with Crippen molar-refractivity contribution >= 4 is 109 Å². The van der Waals surface area contributed by atoms with Crippen LogP contribution in [-0.2, 0) is 60.9 Å². The number of piperazine rings is 2. The lowest BCUT2D eigenvalue weighted by Gasteiger charge is -2.37. The highest BCUT2D eigenvalue weighted by molar-refractivity contribution is 9.10. The molecule has 8 heterocycles. The van der Waals surface area contributed by atoms with Gasteiger partial charge in [-0.1, -0.05) is 62.2 Å². The van der Waals surface area contributed by atoms with Crippen LogP contribution in [0.4, 0.5) is 32.3 Å². The average Bonchev–Trinajstić information content (AvgIpc) is 1.74. The second-order valence-electron chi connectivity index (χ2n) is 24.2. The summed E-state index contributed by atoms with van der Waals surface area (Å²) in [6.07, 6.45) is 6.03. The number of benzene rings is 2. The topological polar surface area (TPSA) is 247 Å². The van der Waals surface area contributed by atoms with E-state index in [4.69, 9.17) is 52.1 Å². The summed E-state index contributed by atoms with van der Waals surface area (Å²) in [4.78, 5) is 97.5. The number of ether oxygens (including phenoxy) is 4. The van der Waals surface area contributed by atoms with Crippen molar-refractivity contribution < 1.29 is 38.1 Å². The van der Waals surface area contributed by atoms with Gasteiger partial charge in [-0.3, -0.25) is 19.2 Å². The van der Waals surface area contributed by atoms with Crippen LogP contribution in [-0.4, -0.2) is 162 Å². The molecule has 27 heteroatoms. The van der Waals surface area contributed by atoms with Gasteiger partial charge in [0, 0.05) is 73.2 Å². The first-order valence-electron chi connectivity index (χ1n) is 30.1. The first-order chi connectivity index (χ1) is 42.3. The fraction of sp³-hybridized carbons (Fsp3) is 0.516. The molecule has 0 spiro atoms. The molecule has 2 fully saturated rings. The quantitative estimate of drug-likeness (QED) is 0.109. The summed E-state index contributed by atoms with van der Waals surface area (Å²) in [7, 11) is 0. The van der Waals surface area contributed by atoms with Gasteiger partial charge in [0.1, 0.15) is 35.7 Å². The van der Waals surface area contributed by atoms with E-state index in [2.05, 4.69) is 36.8 Å². The number of anilines is 4. The van der Waals surface area contributed by atoms with Crippen molar-refractivity contribution in [3.05, 3.63) is 111 Å². The molecule has 0 saturated carbocycles. The van der Waals surface area contributed by atoms with E-state index in [1.807, 2.05) is 110 Å². The van der Waals surface area contributed by atoms with Crippen molar-refractivity contribution in [2.75, 3.05) is 99.2 Å². The van der Waals surface area contributed by atoms with E-state index in [1.165, 1.54) is 9.03 Å². The Morgan fingerprint density at radius 3 is 1.37 bits per heavy atom. The predicted octanol–water partition coefficient (Wildman–Crippen LogP) is 9.15. The number of amides is 4. The molecule has 2 N–H and O–H groups in total. The molecule has 10 rings (SSSR count). The predicted molar refractivity (Wildman–Crippen MR) is 347 cm³/mol. The number of nitrogens with zero attached hydrogens (tertiary/aromatic N) is 12. The third kappa shape index (κ3) is 15.3. The van der Waals surface area contributed by atoms with Crippen LogP contribution in [0.2, 0.25) is 10.0 Å². The molecule has 4 aliphatic rings. The molecule has 478 valence electrons. The second kappa shape index (κ2) is 27.8. The van der Waals surface area contributed by atoms with E-state index >= 15 is 0 Å². The van der Waals surface area contributed by atoms with Gasteiger partial charge in [-0.25, -0.2) is 9.59 Å². The monoisotopic (exact) mass is 1330 g/mol. The van der Waals surface area contributed by atoms with Gasteiger partial charge in [-0.15, -0.1) is 10.2 Å². The summed E-state index contributed by atoms with van der Waals surface area (Å²) in [6, 6.07) is 7.30. The normalized spacial score (nSPS) is 15.8. The molecular formula is C62H79BrCl2N14O10. The Morgan fingerprint density at radius 2 is 1.00 bits per heavy atom. The molecule has 2 saturated heterocycles. The number of aromatic nitrogens is 8. The Morgan fingerprint density at radius 1 is 0.596 bits per heavy atom. The largest absolute Gasteiger partial charge is 0.444 e. The molecule has 4 aromatic heterocycles. The number of hydrogen-bond acceptors (Lipinski definition) is 16. The zero-order valence-electron chi connectivity index (χ0n) is 52.5. The summed E-state index contributed by atoms with van der Waals surface area (Å²) < 4.78 is 28.9. The van der Waals surface area contributed by atoms with Crippen LogP contribution in [0, 0.1) is 13.8 Å². The minimum Gasteiger partial charge on any atom is -0.444 e. The number of rotatable bonds is 13. The Labute approximate surface area is 535 Å². The third-order valence-electron chi connectivity index (χ3n) is 15.5. The Bertz CT molecular complexity index is 3880. The summed E-state index contributed by atoms with van der Waals surface area (Å²) in [5.74, 6) is 0.865. The zero-order chi connectivity index (χ0) is 64.2. The fourth-order valence-corrected chi connectivity index (χ4v) is 12.0. The maximum atomic E-state index is 14.1. The van der Waals surface area contributed by atoms with Crippen molar-refractivity contribution in [1.82, 2.24) is 48.1 Å². The number of aryl methyl sites for hydroxylation is 3. The van der Waals surface area contributed by atoms with Crippen LogP contribution in [0.3, 0.4) is 0 Å². The molecule has 0 unspecified atom stereocenters. The lowest BCUT2D eigenvalue weighted by molar-refractivity contribution is -0.117. The van der Waals surface area contributed by atoms with Gasteiger partial charge in [0.25, 0.3) is 11.1 Å². The molecule has 4 amide bonds. The van der Waals surface area contributed by atoms with Crippen molar-refractivity contribution in [1.29, 1.82) is 0 Å². The van der Waals surface area contributed by atoms with Gasteiger partial charge < -0.3 is 58.3 Å². The van der Waals surface area contributed by atoms with Gasteiger partial charge >= 0.3 is 12.2 Å². The van der Waals surface area contributed by atoms with Gasteiger partial charge in [0.15, 0.2) is 11.6 Å². The van der Waals surface area contributed by atoms with Gasteiger partial charge in [-0.2, -0.15) is 19.0 Å². The highest BCUT2D eigenvalue weighted by Gasteiger charge is 2.33. The third-order valence-corrected chi connectivity index (χ3v) is 17.1. The van der Waals surface area contributed by atoms with Crippen LogP contribution in [0.1, 0.15) is 115 Å². The minimum absolute atomic E-state index is 0.0926. The second-order valence-corrected chi connectivity index (χ2v) is 25.9. The van der Waals surface area contributed by atoms with E-state index < -0.39 is 11.2 Å². The molecule has 0 atom stereocenters. The standard InChI is InChI=1S/C32H42ClN7O5.C30H37BrClN7O5/c1-7-21-17-20(3)24(18-23(21)33)34-26(41)19-39-25(8-2)27(37-11-13-38(14-12-37)31(43)45-32(4,5)6)29(42)40-30(39)35-28(36-40)22-9-15-44-16-10-22;1-6-23-25(36-9-11-37(12-10-36)29(42)44-30(3,4)5)27(41)39-28(34-26(35-39)19-7-13-43-14-8-19)38(23)17-24(40)33-22-16-21(32)20(31)15-18(22)2/h9,17-18H,7-8,10-16,19H2,1-6H3,(H,34,41);7,15-16H,6,8-14,17H2,1-5H3,(H,33,40). The number of halogens is 3. The smallest absolute Gasteiger partial charge is 0.410 e. The van der Waals surface area contributed by atoms with Gasteiger partial charge in [0.05, 0.1) is 42.8 Å². The SMILES string of the molecule is CCc1c(N2CCN(C(=O)OC(C)(C)C)CC2)c(=O)n2nc(C3=CCOCC3)nc2n1CC(=O)Nc1cc(Cl)c(Br)cc1C.CCc1cc(C)c(NC(=O)Cn2c(CC)c(N3CCN(C(=O)OC(C)(C)C)CC3)c(=O)n3nc(C4=CCOCC4)nc23)cc1Cl. The van der Waals surface area contributed by atoms with E-state index in [1.54, 1.807) is 31.1 Å².